The molecule has 0 bridgehead atoms. The summed E-state index contributed by atoms with van der Waals surface area (Å²) in [4.78, 5) is 141. The summed E-state index contributed by atoms with van der Waals surface area (Å²) in [5.74, 6) is -11.9. The zero-order chi connectivity index (χ0) is 62.3. The summed E-state index contributed by atoms with van der Waals surface area (Å²) in [5, 5.41) is 74.7. The van der Waals surface area contributed by atoms with Crippen molar-refractivity contribution >= 4 is 25.1 Å². The fourth-order valence-corrected chi connectivity index (χ4v) is 6.99. The number of aromatic amines is 4. The maximum atomic E-state index is 14.3. The number of halogens is 4. The van der Waals surface area contributed by atoms with Crippen LogP contribution in [0.3, 0.4) is 0 Å². The second-order valence-electron chi connectivity index (χ2n) is 16.0. The predicted molar refractivity (Wildman–Crippen MR) is 234 cm³/mol. The van der Waals surface area contributed by atoms with Gasteiger partial charge in [0.25, 0.3) is 22.2 Å². The second-order valence-corrected chi connectivity index (χ2v) is 16.0. The van der Waals surface area contributed by atoms with E-state index in [1.54, 1.807) is 15.0 Å². The second kappa shape index (κ2) is 23.7. The highest BCUT2D eigenvalue weighted by Crippen LogP contribution is 2.39. The Morgan fingerprint density at radius 1 is 0.474 bits per heavy atom. The highest BCUT2D eigenvalue weighted by Gasteiger charge is 2.50. The molecule has 416 valence electrons. The Morgan fingerprint density at radius 2 is 0.724 bits per heavy atom. The molecular formula is C40H44F4N8O24. The van der Waals surface area contributed by atoms with Gasteiger partial charge in [-0.25, -0.2) is 36.7 Å². The van der Waals surface area contributed by atoms with Gasteiger partial charge in [-0.3, -0.25) is 76.6 Å². The van der Waals surface area contributed by atoms with Gasteiger partial charge in [-0.2, -0.15) is 0 Å². The molecule has 36 heteroatoms. The van der Waals surface area contributed by atoms with Gasteiger partial charge in [-0.05, 0) is 0 Å². The molecule has 4 saturated heterocycles. The number of ether oxygens (including phenoxy) is 4. The minimum absolute atomic E-state index is 0.0630. The molecule has 8 heterocycles. The molecule has 12 atom stereocenters. The highest BCUT2D eigenvalue weighted by molar-refractivity contribution is 5.74. The zero-order valence-electron chi connectivity index (χ0n) is 43.7. The zero-order valence-corrected chi connectivity index (χ0v) is 37.7. The largest absolute Gasteiger partial charge is 0.390 e. The quantitative estimate of drug-likeness (QED) is 0.0463. The van der Waals surface area contributed by atoms with Gasteiger partial charge in [0.05, 0.1) is 30.5 Å². The molecule has 0 amide bonds. The summed E-state index contributed by atoms with van der Waals surface area (Å²) >= 11 is 0. The minimum Gasteiger partial charge on any atom is -0.390 e. The Labute approximate surface area is 423 Å². The first kappa shape index (κ1) is 50.8. The summed E-state index contributed by atoms with van der Waals surface area (Å²) in [5.41, 5.74) is -10.3. The van der Waals surface area contributed by atoms with Gasteiger partial charge >= 0.3 is 22.8 Å². The summed E-state index contributed by atoms with van der Waals surface area (Å²) in [6.45, 7) is -9.08. The minimum atomic E-state index is -3.56. The smallest absolute Gasteiger partial charge is 0.330 e. The third-order valence-corrected chi connectivity index (χ3v) is 10.6. The van der Waals surface area contributed by atoms with Crippen molar-refractivity contribution < 1.29 is 105 Å². The molecule has 4 fully saturated rings. The van der Waals surface area contributed by atoms with Crippen LogP contribution < -0.4 is 45.0 Å². The Morgan fingerprint density at radius 3 is 1.00 bits per heavy atom. The van der Waals surface area contributed by atoms with Crippen LogP contribution in [0.25, 0.3) is 0 Å². The molecule has 32 nitrogen and oxygen atoms in total. The number of nitrogens with one attached hydrogen (secondary N) is 4. The number of aliphatic hydroxyl groups excluding tert-OH is 6. The van der Waals surface area contributed by atoms with E-state index in [0.29, 0.717) is 26.1 Å². The maximum absolute atomic E-state index is 14.3. The number of nitrogens with zero attached hydrogens (tertiary/aromatic N) is 4. The van der Waals surface area contributed by atoms with Crippen molar-refractivity contribution in [1.82, 2.24) is 38.2 Å². The fraction of sp³-hybridized carbons (Fsp3) is 0.500. The number of H-pyrrole nitrogens is 4. The predicted octanol–water partition coefficient (Wildman–Crippen LogP) is -6.85. The fourth-order valence-electron chi connectivity index (χ4n) is 6.99. The van der Waals surface area contributed by atoms with E-state index in [1.807, 2.05) is 4.98 Å². The number of hydrogen-bond acceptors (Lipinski definition) is 24. The third kappa shape index (κ3) is 13.0. The number of hydrogen-bond donors (Lipinski definition) is 12. The summed E-state index contributed by atoms with van der Waals surface area (Å²) < 4.78 is 120. The number of alkyl halides is 4. The number of carbonyl (C=O) groups is 4. The van der Waals surface area contributed by atoms with Crippen LogP contribution in [-0.2, 0) is 18.9 Å². The van der Waals surface area contributed by atoms with E-state index in [4.69, 9.17) is 33.4 Å². The summed E-state index contributed by atoms with van der Waals surface area (Å²) in [7, 11) is 0. The van der Waals surface area contributed by atoms with Gasteiger partial charge in [0.2, 0.25) is 23.4 Å². The van der Waals surface area contributed by atoms with Gasteiger partial charge in [0.1, 0.15) is 50.7 Å². The Kier molecular flexibility index (Phi) is 15.8. The molecule has 0 radical (unpaired) electrons. The standard InChI is InChI=1S/4C10H11FN2O6/c4*11-10(4-15)1-6(16)8(19-10)13-2-5(3-14)7(17)12-9(13)18/h4*2-3,6,8,15-16H,1,4H2,(H,12,17,18)/t4*6-,8-,10+/m1111/s1/i4D2,8D;8D;4D2;. The average Bonchev–Trinajstić information content (AvgIpc) is 3.92. The molecule has 76 heavy (non-hydrogen) atoms. The molecule has 4 aromatic heterocycles. The van der Waals surface area contributed by atoms with E-state index in [1.165, 1.54) is 0 Å². The van der Waals surface area contributed by atoms with Gasteiger partial charge in [0, 0.05) is 50.5 Å². The first-order valence-electron chi connectivity index (χ1n) is 23.8. The van der Waals surface area contributed by atoms with Crippen LogP contribution >= 0.6 is 0 Å². The first-order chi connectivity index (χ1) is 37.7. The van der Waals surface area contributed by atoms with Crippen molar-refractivity contribution in [1.29, 1.82) is 0 Å². The van der Waals surface area contributed by atoms with Crippen LogP contribution in [-0.4, -0.2) is 178 Å². The highest BCUT2D eigenvalue weighted by atomic mass is 19.2. The van der Waals surface area contributed by atoms with Crippen LogP contribution in [0.5, 0.6) is 0 Å². The summed E-state index contributed by atoms with van der Waals surface area (Å²) in [6.07, 6.45) is -15.5. The van der Waals surface area contributed by atoms with E-state index >= 15 is 0 Å². The van der Waals surface area contributed by atoms with Crippen molar-refractivity contribution in [3.05, 3.63) is 130 Å². The van der Waals surface area contributed by atoms with Gasteiger partial charge in [-0.15, -0.1) is 0 Å². The van der Waals surface area contributed by atoms with E-state index in [-0.39, 0.29) is 35.3 Å². The topological polar surface area (TPSA) is 486 Å². The normalized spacial score (nSPS) is 33.9. The van der Waals surface area contributed by atoms with E-state index in [2.05, 4.69) is 14.2 Å². The SMILES string of the molecule is O=Cc1cn([C@@H]2O[C@](F)(CO)C[C@H]2O)c(=O)[nH]c1=O.[2H]C([2H])(O)[C@]1(F)C[C@@H](O)[C@H](n2cc(C=O)c(=O)[nH]c2=O)O1.[2H]C([2H])(O)[C@]1(F)C[C@@H](O)[C@]([2H])(n2cc(C=O)c(=O)[nH]c2=O)O1.[2H][C@@]1(n2cc(C=O)c(=O)[nH]c2=O)O[C@](F)(CO)C[C@H]1O. The Bertz CT molecular complexity index is 3610. The van der Waals surface area contributed by atoms with Crippen molar-refractivity contribution in [3.8, 4) is 0 Å². The van der Waals surface area contributed by atoms with Crippen molar-refractivity contribution in [2.75, 3.05) is 26.3 Å². The van der Waals surface area contributed by atoms with E-state index in [0.717, 1.165) is 12.4 Å². The first-order valence-corrected chi connectivity index (χ1v) is 20.8. The molecule has 12 N–H and O–H groups in total. The van der Waals surface area contributed by atoms with Crippen LogP contribution in [0.2, 0.25) is 0 Å². The van der Waals surface area contributed by atoms with Crippen LogP contribution in [0.15, 0.2) is 63.1 Å². The number of aromatic nitrogens is 8. The molecule has 8 rings (SSSR count). The lowest BCUT2D eigenvalue weighted by Gasteiger charge is -2.19. The Hall–Kier alpha value is -7.36. The molecule has 4 aromatic rings. The molecule has 0 saturated carbocycles. The van der Waals surface area contributed by atoms with Crippen molar-refractivity contribution in [3.63, 3.8) is 0 Å². The maximum Gasteiger partial charge on any atom is 0.330 e. The van der Waals surface area contributed by atoms with E-state index < -0.39 is 186 Å². The van der Waals surface area contributed by atoms with Crippen molar-refractivity contribution in [2.45, 2.75) is 98.4 Å². The van der Waals surface area contributed by atoms with Gasteiger partial charge in [0.15, 0.2) is 50.0 Å². The molecular weight excluding hydrogens is 1050 g/mol. The molecule has 0 aliphatic carbocycles. The van der Waals surface area contributed by atoms with Crippen LogP contribution in [0.1, 0.15) is 100 Å². The molecule has 0 aromatic carbocycles. The Balaban J connectivity index is 0.000000201. The van der Waals surface area contributed by atoms with Gasteiger partial charge < -0.3 is 59.8 Å². The number of aliphatic hydroxyl groups is 8. The molecule has 4 aliphatic rings. The average molecular weight is 1100 g/mol. The lowest BCUT2D eigenvalue weighted by atomic mass is 10.2. The number of carbonyl (C=O) groups excluding carboxylic acids is 4. The molecule has 4 aliphatic heterocycles. The lowest BCUT2D eigenvalue weighted by Crippen LogP contribution is -2.37. The van der Waals surface area contributed by atoms with Gasteiger partial charge in [-0.1, -0.05) is 0 Å². The molecule has 0 unspecified atom stereocenters. The number of rotatable bonds is 12. The van der Waals surface area contributed by atoms with Crippen LogP contribution in [0, 0.1) is 0 Å². The summed E-state index contributed by atoms with van der Waals surface area (Å²) in [6, 6.07) is 0. The van der Waals surface area contributed by atoms with Crippen LogP contribution in [0.4, 0.5) is 17.6 Å². The lowest BCUT2D eigenvalue weighted by molar-refractivity contribution is -0.181. The van der Waals surface area contributed by atoms with Crippen molar-refractivity contribution in [2.24, 2.45) is 0 Å². The number of aldehydes is 4. The monoisotopic (exact) mass is 1100 g/mol. The third-order valence-electron chi connectivity index (χ3n) is 10.6. The van der Waals surface area contributed by atoms with E-state index in [9.17, 15) is 95.5 Å². The molecule has 0 spiro atoms.